The molecule has 2 unspecified atom stereocenters. The quantitative estimate of drug-likeness (QED) is 0.895. The number of carboxylic acids is 1. The van der Waals surface area contributed by atoms with Crippen molar-refractivity contribution in [1.82, 2.24) is 4.90 Å². The van der Waals surface area contributed by atoms with Crippen molar-refractivity contribution in [1.29, 1.82) is 0 Å². The minimum absolute atomic E-state index is 0.0150. The molecule has 0 aromatic heterocycles. The van der Waals surface area contributed by atoms with Crippen molar-refractivity contribution in [2.75, 3.05) is 0 Å². The number of amides is 1. The van der Waals surface area contributed by atoms with Crippen molar-refractivity contribution in [3.63, 3.8) is 0 Å². The van der Waals surface area contributed by atoms with E-state index in [1.54, 1.807) is 6.92 Å². The predicted octanol–water partition coefficient (Wildman–Crippen LogP) is 2.29. The van der Waals surface area contributed by atoms with Gasteiger partial charge < -0.3 is 10.0 Å². The third-order valence-electron chi connectivity index (χ3n) is 4.68. The molecule has 2 aliphatic carbocycles. The Balaban J connectivity index is 1.77. The van der Waals surface area contributed by atoms with Crippen LogP contribution in [0.5, 0.6) is 0 Å². The number of rotatable bonds is 5. The van der Waals surface area contributed by atoms with Crippen LogP contribution in [-0.4, -0.2) is 27.9 Å². The number of carboxylic acid groups (broad SMARTS) is 1. The van der Waals surface area contributed by atoms with E-state index in [4.69, 9.17) is 0 Å². The van der Waals surface area contributed by atoms with Gasteiger partial charge in [-0.2, -0.15) is 0 Å². The molecular weight excluding hydrogens is 254 g/mol. The molecule has 1 spiro atoms. The molecule has 0 bridgehead atoms. The molecular formula is C16H19NO3. The van der Waals surface area contributed by atoms with E-state index in [1.807, 2.05) is 30.3 Å². The van der Waals surface area contributed by atoms with Crippen LogP contribution >= 0.6 is 0 Å². The van der Waals surface area contributed by atoms with Crippen LogP contribution in [0.3, 0.4) is 0 Å². The fourth-order valence-electron chi connectivity index (χ4n) is 2.93. The van der Waals surface area contributed by atoms with Gasteiger partial charge in [0.1, 0.15) is 6.04 Å². The van der Waals surface area contributed by atoms with Crippen molar-refractivity contribution in [2.45, 2.75) is 38.8 Å². The molecule has 3 rings (SSSR count). The number of carbonyl (C=O) groups excluding carboxylic acids is 1. The van der Waals surface area contributed by atoms with Gasteiger partial charge in [-0.1, -0.05) is 30.3 Å². The second-order valence-corrected chi connectivity index (χ2v) is 6.09. The Labute approximate surface area is 118 Å². The van der Waals surface area contributed by atoms with Crippen molar-refractivity contribution < 1.29 is 14.7 Å². The highest BCUT2D eigenvalue weighted by Crippen LogP contribution is 2.71. The molecule has 2 atom stereocenters. The summed E-state index contributed by atoms with van der Waals surface area (Å²) in [5.41, 5.74) is 1.23. The Morgan fingerprint density at radius 1 is 1.35 bits per heavy atom. The van der Waals surface area contributed by atoms with Gasteiger partial charge in [0.15, 0.2) is 0 Å². The standard InChI is InChI=1S/C16H19NO3/c1-11(15(19)20)17(10-12-5-3-2-4-6-12)14(18)13-9-16(13)7-8-16/h2-6,11,13H,7-10H2,1H3,(H,19,20). The number of carbonyl (C=O) groups is 2. The van der Waals surface area contributed by atoms with Crippen molar-refractivity contribution in [3.05, 3.63) is 35.9 Å². The van der Waals surface area contributed by atoms with Crippen LogP contribution in [0.15, 0.2) is 30.3 Å². The first kappa shape index (κ1) is 13.2. The Kier molecular flexibility index (Phi) is 3.04. The molecule has 0 heterocycles. The molecule has 1 N–H and O–H groups in total. The lowest BCUT2D eigenvalue weighted by atomic mass is 10.1. The average molecular weight is 273 g/mol. The maximum absolute atomic E-state index is 12.6. The largest absolute Gasteiger partial charge is 0.480 e. The highest BCUT2D eigenvalue weighted by atomic mass is 16.4. The van der Waals surface area contributed by atoms with E-state index in [2.05, 4.69) is 0 Å². The van der Waals surface area contributed by atoms with E-state index in [-0.39, 0.29) is 17.2 Å². The van der Waals surface area contributed by atoms with Crippen LogP contribution in [0.2, 0.25) is 0 Å². The summed E-state index contributed by atoms with van der Waals surface area (Å²) >= 11 is 0. The topological polar surface area (TPSA) is 57.6 Å². The van der Waals surface area contributed by atoms with E-state index < -0.39 is 12.0 Å². The zero-order chi connectivity index (χ0) is 14.3. The molecule has 4 nitrogen and oxygen atoms in total. The smallest absolute Gasteiger partial charge is 0.326 e. The summed E-state index contributed by atoms with van der Waals surface area (Å²) in [7, 11) is 0. The molecule has 1 aromatic carbocycles. The lowest BCUT2D eigenvalue weighted by Gasteiger charge is -2.27. The van der Waals surface area contributed by atoms with Crippen LogP contribution in [0.4, 0.5) is 0 Å². The first-order valence-corrected chi connectivity index (χ1v) is 7.11. The first-order valence-electron chi connectivity index (χ1n) is 7.11. The predicted molar refractivity (Wildman–Crippen MR) is 73.9 cm³/mol. The van der Waals surface area contributed by atoms with E-state index >= 15 is 0 Å². The minimum atomic E-state index is -0.945. The van der Waals surface area contributed by atoms with Crippen LogP contribution in [0, 0.1) is 11.3 Å². The van der Waals surface area contributed by atoms with Gasteiger partial charge >= 0.3 is 5.97 Å². The Morgan fingerprint density at radius 2 is 2.00 bits per heavy atom. The fraction of sp³-hybridized carbons (Fsp3) is 0.500. The molecule has 20 heavy (non-hydrogen) atoms. The van der Waals surface area contributed by atoms with E-state index in [1.165, 1.54) is 4.90 Å². The summed E-state index contributed by atoms with van der Waals surface area (Å²) in [6, 6.07) is 8.80. The normalized spacial score (nSPS) is 23.1. The number of benzene rings is 1. The maximum Gasteiger partial charge on any atom is 0.326 e. The van der Waals surface area contributed by atoms with Gasteiger partial charge in [-0.05, 0) is 37.2 Å². The van der Waals surface area contributed by atoms with Gasteiger partial charge in [-0.25, -0.2) is 4.79 Å². The highest BCUT2D eigenvalue weighted by Gasteiger charge is 2.66. The Bertz CT molecular complexity index is 536. The lowest BCUT2D eigenvalue weighted by Crippen LogP contribution is -2.43. The van der Waals surface area contributed by atoms with Gasteiger partial charge in [-0.3, -0.25) is 4.79 Å². The molecule has 4 heteroatoms. The lowest BCUT2D eigenvalue weighted by molar-refractivity contribution is -0.150. The molecule has 2 fully saturated rings. The monoisotopic (exact) mass is 273 g/mol. The summed E-state index contributed by atoms with van der Waals surface area (Å²) in [5, 5.41) is 9.23. The average Bonchev–Trinajstić information content (AvgIpc) is 3.36. The SMILES string of the molecule is CC(C(=O)O)N(Cc1ccccc1)C(=O)C1CC12CC2. The Hall–Kier alpha value is -1.84. The molecule has 2 aliphatic rings. The summed E-state index contributed by atoms with van der Waals surface area (Å²) in [6.07, 6.45) is 3.21. The Morgan fingerprint density at radius 3 is 2.50 bits per heavy atom. The maximum atomic E-state index is 12.6. The van der Waals surface area contributed by atoms with Gasteiger partial charge in [0, 0.05) is 12.5 Å². The number of hydrogen-bond donors (Lipinski definition) is 1. The minimum Gasteiger partial charge on any atom is -0.480 e. The van der Waals surface area contributed by atoms with Crippen molar-refractivity contribution in [2.24, 2.45) is 11.3 Å². The van der Waals surface area contributed by atoms with E-state index in [0.717, 1.165) is 24.8 Å². The number of hydrogen-bond acceptors (Lipinski definition) is 2. The summed E-state index contributed by atoms with van der Waals surface area (Å²) in [4.78, 5) is 25.4. The van der Waals surface area contributed by atoms with Crippen LogP contribution in [0.1, 0.15) is 31.7 Å². The zero-order valence-electron chi connectivity index (χ0n) is 11.6. The van der Waals surface area contributed by atoms with Gasteiger partial charge in [-0.15, -0.1) is 0 Å². The summed E-state index contributed by atoms with van der Waals surface area (Å²) in [6.45, 7) is 1.96. The van der Waals surface area contributed by atoms with Gasteiger partial charge in [0.05, 0.1) is 0 Å². The third kappa shape index (κ3) is 2.30. The van der Waals surface area contributed by atoms with Crippen LogP contribution in [0.25, 0.3) is 0 Å². The van der Waals surface area contributed by atoms with Crippen molar-refractivity contribution in [3.8, 4) is 0 Å². The molecule has 1 amide bonds. The summed E-state index contributed by atoms with van der Waals surface area (Å²) in [5.74, 6) is -0.867. The van der Waals surface area contributed by atoms with Crippen LogP contribution < -0.4 is 0 Å². The number of aliphatic carboxylic acids is 1. The van der Waals surface area contributed by atoms with Crippen LogP contribution in [-0.2, 0) is 16.1 Å². The first-order chi connectivity index (χ1) is 9.53. The summed E-state index contributed by atoms with van der Waals surface area (Å²) < 4.78 is 0. The fourth-order valence-corrected chi connectivity index (χ4v) is 2.93. The third-order valence-corrected chi connectivity index (χ3v) is 4.68. The molecule has 0 radical (unpaired) electrons. The second-order valence-electron chi connectivity index (χ2n) is 6.09. The molecule has 2 saturated carbocycles. The molecule has 1 aromatic rings. The molecule has 0 saturated heterocycles. The van der Waals surface area contributed by atoms with Gasteiger partial charge in [0.25, 0.3) is 0 Å². The zero-order valence-corrected chi connectivity index (χ0v) is 11.6. The molecule has 0 aliphatic heterocycles. The second kappa shape index (κ2) is 4.62. The van der Waals surface area contributed by atoms with E-state index in [9.17, 15) is 14.7 Å². The molecule has 106 valence electrons. The number of nitrogens with zero attached hydrogens (tertiary/aromatic N) is 1. The van der Waals surface area contributed by atoms with Crippen molar-refractivity contribution >= 4 is 11.9 Å². The van der Waals surface area contributed by atoms with Gasteiger partial charge in [0.2, 0.25) is 5.91 Å². The van der Waals surface area contributed by atoms with E-state index in [0.29, 0.717) is 6.54 Å². The highest BCUT2D eigenvalue weighted by molar-refractivity contribution is 5.87.